The maximum atomic E-state index is 16.4. The second kappa shape index (κ2) is 12.6. The number of benzene rings is 1. The van der Waals surface area contributed by atoms with E-state index < -0.39 is 17.8 Å². The van der Waals surface area contributed by atoms with Crippen molar-refractivity contribution in [3.63, 3.8) is 0 Å². The molecule has 248 valence electrons. The van der Waals surface area contributed by atoms with Crippen molar-refractivity contribution < 1.29 is 22.6 Å². The Labute approximate surface area is 277 Å². The van der Waals surface area contributed by atoms with E-state index in [1.54, 1.807) is 12.3 Å². The van der Waals surface area contributed by atoms with E-state index in [0.29, 0.717) is 30.8 Å². The number of thiophene rings is 1. The van der Waals surface area contributed by atoms with Crippen molar-refractivity contribution in [1.82, 2.24) is 24.8 Å². The van der Waals surface area contributed by atoms with Gasteiger partial charge in [-0.15, -0.1) is 11.3 Å². The van der Waals surface area contributed by atoms with E-state index in [1.807, 2.05) is 24.0 Å². The van der Waals surface area contributed by atoms with Gasteiger partial charge in [0.2, 0.25) is 5.88 Å². The zero-order valence-electron chi connectivity index (χ0n) is 26.2. The molecule has 0 bridgehead atoms. The van der Waals surface area contributed by atoms with E-state index in [4.69, 9.17) is 20.9 Å². The van der Waals surface area contributed by atoms with Crippen molar-refractivity contribution in [2.45, 2.75) is 44.4 Å². The Morgan fingerprint density at radius 3 is 2.73 bits per heavy atom. The minimum Gasteiger partial charge on any atom is -0.475 e. The van der Waals surface area contributed by atoms with Crippen LogP contribution in [0.2, 0.25) is 0 Å². The van der Waals surface area contributed by atoms with Crippen LogP contribution in [0.1, 0.15) is 43.4 Å². The number of anilines is 3. The molecule has 3 aliphatic rings. The van der Waals surface area contributed by atoms with Crippen molar-refractivity contribution in [3.8, 4) is 29.2 Å². The first-order valence-electron chi connectivity index (χ1n) is 15.5. The van der Waals surface area contributed by atoms with E-state index in [1.165, 1.54) is 32.1 Å². The van der Waals surface area contributed by atoms with Gasteiger partial charge in [0.15, 0.2) is 5.82 Å². The molecule has 0 radical (unpaired) electrons. The topological polar surface area (TPSA) is 152 Å². The van der Waals surface area contributed by atoms with Crippen molar-refractivity contribution in [1.29, 1.82) is 5.26 Å². The second-order valence-corrected chi connectivity index (χ2v) is 13.0. The molecule has 2 saturated heterocycles. The summed E-state index contributed by atoms with van der Waals surface area (Å²) in [6.45, 7) is 4.33. The van der Waals surface area contributed by atoms with Crippen LogP contribution in [-0.4, -0.2) is 70.4 Å². The summed E-state index contributed by atoms with van der Waals surface area (Å²) in [5.41, 5.74) is 12.9. The second-order valence-electron chi connectivity index (χ2n) is 11.9. The van der Waals surface area contributed by atoms with Crippen LogP contribution in [0, 0.1) is 23.0 Å². The number of aromatic nitrogens is 4. The molecule has 48 heavy (non-hydrogen) atoms. The number of rotatable bonds is 4. The number of hydrogen-bond donors (Lipinski definition) is 2. The largest absolute Gasteiger partial charge is 0.475 e. The number of halogens is 3. The number of fused-ring (bicyclic) bond motifs is 2. The Morgan fingerprint density at radius 2 is 1.98 bits per heavy atom. The van der Waals surface area contributed by atoms with E-state index in [-0.39, 0.29) is 67.4 Å². The zero-order chi connectivity index (χ0) is 33.7. The lowest BCUT2D eigenvalue weighted by atomic mass is 10.0. The molecular formula is C33H32F3N9O2S. The Hall–Kier alpha value is -4.94. The van der Waals surface area contributed by atoms with Gasteiger partial charge in [-0.2, -0.15) is 15.2 Å². The lowest BCUT2D eigenvalue weighted by Crippen LogP contribution is -2.31. The molecule has 0 spiro atoms. The average molecular weight is 676 g/mol. The fourth-order valence-electron chi connectivity index (χ4n) is 6.88. The first-order valence-corrected chi connectivity index (χ1v) is 16.4. The molecule has 7 heterocycles. The standard InChI is InChI=1S/C26H20F2N8O2S.C7H12FN/c1-11(12-4-3-7-32-22(12)30)36-8-9-38-25-17-20(34-26(37-2)35-24(17)36)18(28)19(33-25)13-5-6-15(27)21-16(13)14(10-29)23(31)39-21;8-6-4-7-2-1-3-9(7)5-6/h3-7,11H,8-9,31H2,1-2H3,(H2,30,32);6-7H,1-5H2. The predicted octanol–water partition coefficient (Wildman–Crippen LogP) is 5.78. The van der Waals surface area contributed by atoms with Crippen molar-refractivity contribution in [2.75, 3.05) is 49.7 Å². The van der Waals surface area contributed by atoms with Gasteiger partial charge in [-0.1, -0.05) is 6.07 Å². The third kappa shape index (κ3) is 5.34. The Bertz CT molecular complexity index is 2080. The molecule has 4 aromatic heterocycles. The van der Waals surface area contributed by atoms with Crippen LogP contribution in [0.25, 0.3) is 32.2 Å². The van der Waals surface area contributed by atoms with Gasteiger partial charge in [0.1, 0.15) is 57.9 Å². The number of ether oxygens (including phenoxy) is 2. The number of pyridine rings is 2. The van der Waals surface area contributed by atoms with E-state index in [0.717, 1.165) is 29.9 Å². The van der Waals surface area contributed by atoms with E-state index >= 15 is 4.39 Å². The summed E-state index contributed by atoms with van der Waals surface area (Å²) < 4.78 is 55.1. The average Bonchev–Trinajstić information content (AvgIpc) is 3.73. The molecule has 15 heteroatoms. The van der Waals surface area contributed by atoms with E-state index in [2.05, 4.69) is 24.8 Å². The number of nitrogen functional groups attached to an aromatic ring is 2. The number of nitriles is 1. The zero-order valence-corrected chi connectivity index (χ0v) is 27.0. The van der Waals surface area contributed by atoms with E-state index in [9.17, 15) is 14.0 Å². The maximum Gasteiger partial charge on any atom is 0.318 e. The Kier molecular flexibility index (Phi) is 8.30. The number of alkyl halides is 1. The third-order valence-electron chi connectivity index (χ3n) is 9.17. The highest BCUT2D eigenvalue weighted by atomic mass is 32.1. The fourth-order valence-corrected chi connectivity index (χ4v) is 7.83. The Morgan fingerprint density at radius 1 is 1.15 bits per heavy atom. The summed E-state index contributed by atoms with van der Waals surface area (Å²) in [7, 11) is 1.38. The van der Waals surface area contributed by atoms with Gasteiger partial charge in [-0.3, -0.25) is 4.90 Å². The number of nitrogens with zero attached hydrogens (tertiary/aromatic N) is 7. The van der Waals surface area contributed by atoms with Crippen LogP contribution in [0.4, 0.5) is 29.8 Å². The van der Waals surface area contributed by atoms with Crippen LogP contribution in [0.15, 0.2) is 30.5 Å². The van der Waals surface area contributed by atoms with Crippen LogP contribution in [-0.2, 0) is 0 Å². The highest BCUT2D eigenvalue weighted by Crippen LogP contribution is 2.45. The first-order chi connectivity index (χ1) is 23.2. The molecular weight excluding hydrogens is 643 g/mol. The Balaban J connectivity index is 0.000000347. The highest BCUT2D eigenvalue weighted by molar-refractivity contribution is 7.23. The molecule has 2 fully saturated rings. The molecule has 3 atom stereocenters. The smallest absolute Gasteiger partial charge is 0.318 e. The quantitative estimate of drug-likeness (QED) is 0.239. The summed E-state index contributed by atoms with van der Waals surface area (Å²) in [5, 5.41) is 10.3. The molecule has 3 aliphatic heterocycles. The lowest BCUT2D eigenvalue weighted by molar-refractivity contribution is 0.292. The minimum atomic E-state index is -0.809. The van der Waals surface area contributed by atoms with Crippen LogP contribution >= 0.6 is 11.3 Å². The summed E-state index contributed by atoms with van der Waals surface area (Å²) in [6, 6.07) is 8.41. The molecule has 11 nitrogen and oxygen atoms in total. The van der Waals surface area contributed by atoms with Gasteiger partial charge in [-0.25, -0.2) is 23.1 Å². The normalized spacial score (nSPS) is 19.3. The molecule has 3 unspecified atom stereocenters. The van der Waals surface area contributed by atoms with Crippen LogP contribution < -0.4 is 25.8 Å². The number of nitrogens with two attached hydrogens (primary N) is 2. The number of hydrogen-bond acceptors (Lipinski definition) is 12. The maximum absolute atomic E-state index is 16.4. The first kappa shape index (κ1) is 31.6. The summed E-state index contributed by atoms with van der Waals surface area (Å²) in [4.78, 5) is 21.7. The molecule has 0 saturated carbocycles. The molecule has 0 amide bonds. The molecule has 0 aliphatic carbocycles. The van der Waals surface area contributed by atoms with Gasteiger partial charge in [0.25, 0.3) is 0 Å². The SMILES string of the molecule is COc1nc2c3c(nc(-c4ccc(F)c5sc(N)c(C#N)c45)c(F)c3n1)OCCN2C(C)c1cccnc1N.FC1CC2CCCN2C1. The van der Waals surface area contributed by atoms with Crippen molar-refractivity contribution >= 4 is 49.0 Å². The van der Waals surface area contributed by atoms with Gasteiger partial charge in [0, 0.05) is 35.3 Å². The van der Waals surface area contributed by atoms with Crippen molar-refractivity contribution in [2.24, 2.45) is 0 Å². The van der Waals surface area contributed by atoms with Gasteiger partial charge >= 0.3 is 6.01 Å². The van der Waals surface area contributed by atoms with Gasteiger partial charge in [0.05, 0.1) is 30.0 Å². The van der Waals surface area contributed by atoms with Gasteiger partial charge in [-0.05, 0) is 50.9 Å². The highest BCUT2D eigenvalue weighted by Gasteiger charge is 2.35. The monoisotopic (exact) mass is 675 g/mol. The van der Waals surface area contributed by atoms with Gasteiger partial charge < -0.3 is 25.8 Å². The van der Waals surface area contributed by atoms with Crippen LogP contribution in [0.3, 0.4) is 0 Å². The third-order valence-corrected chi connectivity index (χ3v) is 10.2. The molecule has 1 aromatic carbocycles. The lowest BCUT2D eigenvalue weighted by Gasteiger charge is -2.30. The fraction of sp³-hybridized carbons (Fsp3) is 0.364. The molecule has 8 rings (SSSR count). The van der Waals surface area contributed by atoms with Crippen molar-refractivity contribution in [3.05, 3.63) is 53.2 Å². The predicted molar refractivity (Wildman–Crippen MR) is 178 cm³/mol. The summed E-state index contributed by atoms with van der Waals surface area (Å²) >= 11 is 0.915. The molecule has 5 aromatic rings. The minimum absolute atomic E-state index is 0.0487. The summed E-state index contributed by atoms with van der Waals surface area (Å²) in [5.74, 6) is -0.591. The van der Waals surface area contributed by atoms with Crippen LogP contribution in [0.5, 0.6) is 11.9 Å². The molecule has 4 N–H and O–H groups in total. The summed E-state index contributed by atoms with van der Waals surface area (Å²) in [6.07, 6.45) is 4.41. The number of methoxy groups -OCH3 is 1.